The first kappa shape index (κ1) is 20.0. The van der Waals surface area contributed by atoms with Crippen LogP contribution in [0.15, 0.2) is 24.3 Å². The number of hydrogen-bond donors (Lipinski definition) is 2. The van der Waals surface area contributed by atoms with E-state index in [0.717, 1.165) is 63.6 Å². The SMILES string of the molecule is O=C1C[C@@H]([NH2+]CC[NH+]2CCOCC2)C(=O)N1Cc1ccc(N2CCCC2=O)cc1. The molecule has 156 valence electrons. The molecule has 3 fully saturated rings. The van der Waals surface area contributed by atoms with Gasteiger partial charge in [-0.15, -0.1) is 0 Å². The molecule has 0 radical (unpaired) electrons. The van der Waals surface area contributed by atoms with Gasteiger partial charge in [-0.25, -0.2) is 0 Å². The van der Waals surface area contributed by atoms with E-state index in [2.05, 4.69) is 0 Å². The topological polar surface area (TPSA) is 88.0 Å². The van der Waals surface area contributed by atoms with E-state index in [1.807, 2.05) is 29.6 Å². The van der Waals surface area contributed by atoms with E-state index in [0.29, 0.717) is 13.0 Å². The number of carbonyl (C=O) groups excluding carboxylic acids is 3. The Kier molecular flexibility index (Phi) is 6.22. The lowest BCUT2D eigenvalue weighted by Crippen LogP contribution is -3.16. The molecular weight excluding hydrogens is 372 g/mol. The van der Waals surface area contributed by atoms with Crippen molar-refractivity contribution in [3.05, 3.63) is 29.8 Å². The van der Waals surface area contributed by atoms with Gasteiger partial charge in [0.25, 0.3) is 5.91 Å². The maximum atomic E-state index is 12.7. The van der Waals surface area contributed by atoms with Crippen LogP contribution in [-0.2, 0) is 25.7 Å². The average Bonchev–Trinajstić information content (AvgIpc) is 3.28. The molecule has 3 aliphatic rings. The quantitative estimate of drug-likeness (QED) is 0.513. The molecule has 1 aromatic carbocycles. The summed E-state index contributed by atoms with van der Waals surface area (Å²) in [6, 6.07) is 7.31. The molecule has 8 heteroatoms. The lowest BCUT2D eigenvalue weighted by atomic mass is 10.2. The molecule has 0 aromatic heterocycles. The van der Waals surface area contributed by atoms with Gasteiger partial charge in [0, 0.05) is 18.7 Å². The molecule has 0 saturated carbocycles. The minimum atomic E-state index is -0.301. The number of ether oxygens (including phenoxy) is 1. The van der Waals surface area contributed by atoms with Gasteiger partial charge in [-0.05, 0) is 24.1 Å². The number of imide groups is 1. The number of anilines is 1. The van der Waals surface area contributed by atoms with E-state index in [4.69, 9.17) is 4.74 Å². The standard InChI is InChI=1S/C21H28N4O4/c26-19-2-1-8-24(19)17-5-3-16(4-6-17)15-25-20(27)14-18(21(25)28)22-7-9-23-10-12-29-13-11-23/h3-6,18,22H,1-2,7-15H2/p+2/t18-/m1/s1. The molecule has 0 aliphatic carbocycles. The molecule has 0 spiro atoms. The van der Waals surface area contributed by atoms with Gasteiger partial charge in [-0.3, -0.25) is 19.3 Å². The van der Waals surface area contributed by atoms with Crippen molar-refractivity contribution in [2.45, 2.75) is 31.8 Å². The Morgan fingerprint density at radius 3 is 2.52 bits per heavy atom. The number of likely N-dealkylation sites (tertiary alicyclic amines) is 1. The van der Waals surface area contributed by atoms with Crippen molar-refractivity contribution < 1.29 is 29.3 Å². The number of quaternary nitrogens is 2. The van der Waals surface area contributed by atoms with E-state index in [9.17, 15) is 14.4 Å². The largest absolute Gasteiger partial charge is 0.370 e. The molecule has 3 heterocycles. The zero-order valence-corrected chi connectivity index (χ0v) is 16.8. The second-order valence-corrected chi connectivity index (χ2v) is 8.08. The summed E-state index contributed by atoms with van der Waals surface area (Å²) in [5, 5.41) is 2.02. The molecule has 3 amide bonds. The van der Waals surface area contributed by atoms with Gasteiger partial charge in [0.1, 0.15) is 26.2 Å². The number of nitrogens with one attached hydrogen (secondary N) is 1. The first-order valence-electron chi connectivity index (χ1n) is 10.6. The minimum Gasteiger partial charge on any atom is -0.370 e. The predicted molar refractivity (Wildman–Crippen MR) is 105 cm³/mol. The lowest BCUT2D eigenvalue weighted by Gasteiger charge is -2.23. The van der Waals surface area contributed by atoms with Crippen LogP contribution < -0.4 is 15.1 Å². The van der Waals surface area contributed by atoms with E-state index >= 15 is 0 Å². The van der Waals surface area contributed by atoms with Crippen LogP contribution in [0.25, 0.3) is 0 Å². The number of rotatable bonds is 7. The highest BCUT2D eigenvalue weighted by Crippen LogP contribution is 2.23. The molecule has 0 bridgehead atoms. The summed E-state index contributed by atoms with van der Waals surface area (Å²) in [6.07, 6.45) is 1.77. The van der Waals surface area contributed by atoms with Gasteiger partial charge in [-0.1, -0.05) is 12.1 Å². The summed E-state index contributed by atoms with van der Waals surface area (Å²) in [5.41, 5.74) is 1.78. The fraction of sp³-hybridized carbons (Fsp3) is 0.571. The zero-order valence-electron chi connectivity index (χ0n) is 16.8. The van der Waals surface area contributed by atoms with Gasteiger partial charge in [0.05, 0.1) is 26.2 Å². The van der Waals surface area contributed by atoms with E-state index in [1.165, 1.54) is 9.80 Å². The minimum absolute atomic E-state index is 0.0919. The second kappa shape index (κ2) is 9.02. The van der Waals surface area contributed by atoms with Crippen molar-refractivity contribution >= 4 is 23.4 Å². The maximum absolute atomic E-state index is 12.7. The maximum Gasteiger partial charge on any atom is 0.288 e. The van der Waals surface area contributed by atoms with E-state index in [1.54, 1.807) is 4.90 Å². The van der Waals surface area contributed by atoms with Crippen LogP contribution in [0.2, 0.25) is 0 Å². The van der Waals surface area contributed by atoms with Gasteiger partial charge < -0.3 is 19.9 Å². The lowest BCUT2D eigenvalue weighted by molar-refractivity contribution is -0.920. The Bertz CT molecular complexity index is 760. The Morgan fingerprint density at radius 2 is 1.83 bits per heavy atom. The van der Waals surface area contributed by atoms with Crippen LogP contribution in [-0.4, -0.2) is 74.6 Å². The number of carbonyl (C=O) groups is 3. The Labute approximate surface area is 170 Å². The monoisotopic (exact) mass is 402 g/mol. The molecule has 8 nitrogen and oxygen atoms in total. The fourth-order valence-corrected chi connectivity index (χ4v) is 4.34. The summed E-state index contributed by atoms with van der Waals surface area (Å²) >= 11 is 0. The summed E-state index contributed by atoms with van der Waals surface area (Å²) in [7, 11) is 0. The Morgan fingerprint density at radius 1 is 1.07 bits per heavy atom. The van der Waals surface area contributed by atoms with Crippen LogP contribution >= 0.6 is 0 Å². The number of nitrogens with zero attached hydrogens (tertiary/aromatic N) is 2. The van der Waals surface area contributed by atoms with Crippen LogP contribution in [0, 0.1) is 0 Å². The number of morpholine rings is 1. The summed E-state index contributed by atoms with van der Waals surface area (Å²) in [4.78, 5) is 41.6. The average molecular weight is 402 g/mol. The molecule has 1 atom stereocenters. The molecule has 3 aliphatic heterocycles. The third-order valence-corrected chi connectivity index (χ3v) is 6.09. The van der Waals surface area contributed by atoms with E-state index in [-0.39, 0.29) is 30.2 Å². The van der Waals surface area contributed by atoms with Crippen molar-refractivity contribution in [3.8, 4) is 0 Å². The summed E-state index contributed by atoms with van der Waals surface area (Å²) < 4.78 is 5.37. The van der Waals surface area contributed by atoms with Gasteiger partial charge in [0.2, 0.25) is 11.8 Å². The number of hydrogen-bond acceptors (Lipinski definition) is 4. The first-order valence-corrected chi connectivity index (χ1v) is 10.6. The van der Waals surface area contributed by atoms with Gasteiger partial charge in [-0.2, -0.15) is 0 Å². The van der Waals surface area contributed by atoms with Crippen LogP contribution in [0.4, 0.5) is 5.69 Å². The zero-order chi connectivity index (χ0) is 20.2. The molecule has 3 N–H and O–H groups in total. The third-order valence-electron chi connectivity index (χ3n) is 6.09. The Hall–Kier alpha value is -2.29. The predicted octanol–water partition coefficient (Wildman–Crippen LogP) is -2.08. The Balaban J connectivity index is 1.29. The van der Waals surface area contributed by atoms with Crippen molar-refractivity contribution in [3.63, 3.8) is 0 Å². The molecular formula is C21H30N4O4+2. The van der Waals surface area contributed by atoms with Crippen molar-refractivity contribution in [2.24, 2.45) is 0 Å². The smallest absolute Gasteiger partial charge is 0.288 e. The number of benzene rings is 1. The van der Waals surface area contributed by atoms with Crippen molar-refractivity contribution in [2.75, 3.05) is 50.8 Å². The summed E-state index contributed by atoms with van der Waals surface area (Å²) in [6.45, 7) is 6.50. The fourth-order valence-electron chi connectivity index (χ4n) is 4.34. The summed E-state index contributed by atoms with van der Waals surface area (Å²) in [5.74, 6) is -0.0421. The highest BCUT2D eigenvalue weighted by atomic mass is 16.5. The second-order valence-electron chi connectivity index (χ2n) is 8.08. The van der Waals surface area contributed by atoms with E-state index < -0.39 is 0 Å². The number of nitrogens with two attached hydrogens (primary N) is 1. The molecule has 3 saturated heterocycles. The molecule has 1 aromatic rings. The molecule has 0 unspecified atom stereocenters. The van der Waals surface area contributed by atoms with Crippen molar-refractivity contribution in [1.29, 1.82) is 0 Å². The normalized spacial score (nSPS) is 23.4. The van der Waals surface area contributed by atoms with Crippen LogP contribution in [0.5, 0.6) is 0 Å². The highest BCUT2D eigenvalue weighted by molar-refractivity contribution is 6.04. The number of amides is 3. The molecule has 4 rings (SSSR count). The highest BCUT2D eigenvalue weighted by Gasteiger charge is 2.41. The van der Waals surface area contributed by atoms with Crippen LogP contribution in [0.1, 0.15) is 24.8 Å². The molecule has 29 heavy (non-hydrogen) atoms. The first-order chi connectivity index (χ1) is 14.1. The van der Waals surface area contributed by atoms with Gasteiger partial charge in [0.15, 0.2) is 6.04 Å². The van der Waals surface area contributed by atoms with Gasteiger partial charge >= 0.3 is 0 Å². The third kappa shape index (κ3) is 4.66. The van der Waals surface area contributed by atoms with Crippen molar-refractivity contribution in [1.82, 2.24) is 4.90 Å². The van der Waals surface area contributed by atoms with Crippen LogP contribution in [0.3, 0.4) is 0 Å².